The predicted molar refractivity (Wildman–Crippen MR) is 61.6 cm³/mol. The lowest BCUT2D eigenvalue weighted by Crippen LogP contribution is -2.07. The summed E-state index contributed by atoms with van der Waals surface area (Å²) in [5.74, 6) is -1.18. The van der Waals surface area contributed by atoms with E-state index in [1.807, 2.05) is 0 Å². The number of pyridine rings is 1. The van der Waals surface area contributed by atoms with E-state index in [1.165, 1.54) is 30.3 Å². The number of hydrogen-bond donors (Lipinski definition) is 1. The van der Waals surface area contributed by atoms with Crippen molar-refractivity contribution < 1.29 is 23.1 Å². The lowest BCUT2D eigenvalue weighted by Gasteiger charge is -2.12. The lowest BCUT2D eigenvalue weighted by atomic mass is 10.0. The van der Waals surface area contributed by atoms with Gasteiger partial charge in [0, 0.05) is 11.8 Å². The van der Waals surface area contributed by atoms with Gasteiger partial charge in [0.15, 0.2) is 0 Å². The molecule has 1 aromatic carbocycles. The molecular formula is C13H8F3NO2. The molecule has 0 bridgehead atoms. The molecule has 2 aromatic rings. The smallest absolute Gasteiger partial charge is 0.417 e. The van der Waals surface area contributed by atoms with Crippen molar-refractivity contribution in [2.45, 2.75) is 6.18 Å². The van der Waals surface area contributed by atoms with Crippen LogP contribution in [0.25, 0.3) is 11.3 Å². The molecule has 0 aliphatic heterocycles. The monoisotopic (exact) mass is 267 g/mol. The first-order valence-corrected chi connectivity index (χ1v) is 5.25. The minimum Gasteiger partial charge on any atom is -0.478 e. The van der Waals surface area contributed by atoms with Crippen LogP contribution in [0.1, 0.15) is 15.9 Å². The van der Waals surface area contributed by atoms with E-state index in [0.29, 0.717) is 0 Å². The molecule has 2 rings (SSSR count). The molecule has 0 aliphatic carbocycles. The average molecular weight is 267 g/mol. The zero-order valence-electron chi connectivity index (χ0n) is 9.48. The van der Waals surface area contributed by atoms with Gasteiger partial charge >= 0.3 is 12.1 Å². The fraction of sp³-hybridized carbons (Fsp3) is 0.0769. The number of rotatable bonds is 2. The molecule has 1 heterocycles. The molecule has 19 heavy (non-hydrogen) atoms. The number of nitrogens with zero attached hydrogens (tertiary/aromatic N) is 1. The maximum Gasteiger partial charge on any atom is 0.417 e. The van der Waals surface area contributed by atoms with Crippen molar-refractivity contribution >= 4 is 5.97 Å². The van der Waals surface area contributed by atoms with Crippen LogP contribution in [-0.2, 0) is 6.18 Å². The van der Waals surface area contributed by atoms with Crippen molar-refractivity contribution in [1.29, 1.82) is 0 Å². The fourth-order valence-electron chi connectivity index (χ4n) is 1.63. The minimum absolute atomic E-state index is 0.0757. The highest BCUT2D eigenvalue weighted by Gasteiger charge is 2.33. The second kappa shape index (κ2) is 4.72. The van der Waals surface area contributed by atoms with Gasteiger partial charge in [-0.15, -0.1) is 0 Å². The molecule has 0 aliphatic rings. The summed E-state index contributed by atoms with van der Waals surface area (Å²) in [6.45, 7) is 0. The molecule has 0 saturated heterocycles. The van der Waals surface area contributed by atoms with Crippen molar-refractivity contribution in [2.75, 3.05) is 0 Å². The molecule has 0 saturated carbocycles. The van der Waals surface area contributed by atoms with Gasteiger partial charge in [0.05, 0.1) is 16.8 Å². The van der Waals surface area contributed by atoms with E-state index in [0.717, 1.165) is 12.3 Å². The first-order valence-electron chi connectivity index (χ1n) is 5.25. The molecule has 3 nitrogen and oxygen atoms in total. The van der Waals surface area contributed by atoms with Crippen LogP contribution in [-0.4, -0.2) is 16.1 Å². The summed E-state index contributed by atoms with van der Waals surface area (Å²) in [4.78, 5) is 14.4. The van der Waals surface area contributed by atoms with Crippen molar-refractivity contribution in [3.63, 3.8) is 0 Å². The summed E-state index contributed by atoms with van der Waals surface area (Å²) < 4.78 is 38.5. The Kier molecular flexibility index (Phi) is 3.25. The van der Waals surface area contributed by atoms with E-state index in [2.05, 4.69) is 4.98 Å². The second-order valence-electron chi connectivity index (χ2n) is 3.78. The van der Waals surface area contributed by atoms with Crippen LogP contribution >= 0.6 is 0 Å². The van der Waals surface area contributed by atoms with Gasteiger partial charge in [-0.3, -0.25) is 4.98 Å². The number of aromatic carboxylic acids is 1. The zero-order valence-corrected chi connectivity index (χ0v) is 9.48. The predicted octanol–water partition coefficient (Wildman–Crippen LogP) is 3.47. The van der Waals surface area contributed by atoms with E-state index in [4.69, 9.17) is 5.11 Å². The molecule has 0 unspecified atom stereocenters. The number of alkyl halides is 3. The maximum absolute atomic E-state index is 12.8. The third-order valence-corrected chi connectivity index (χ3v) is 2.52. The number of benzene rings is 1. The van der Waals surface area contributed by atoms with Crippen molar-refractivity contribution in [3.8, 4) is 11.3 Å². The maximum atomic E-state index is 12.8. The van der Waals surface area contributed by atoms with Crippen LogP contribution in [0.5, 0.6) is 0 Å². The number of aromatic nitrogens is 1. The largest absolute Gasteiger partial charge is 0.478 e. The van der Waals surface area contributed by atoms with E-state index < -0.39 is 17.7 Å². The third kappa shape index (κ3) is 2.73. The molecule has 0 fully saturated rings. The Morgan fingerprint density at radius 3 is 2.32 bits per heavy atom. The standard InChI is InChI=1S/C13H8F3NO2/c14-13(15,16)10-4-2-1-3-9(10)11-6-5-8(7-17-11)12(18)19/h1-7H,(H,18,19). The molecule has 98 valence electrons. The highest BCUT2D eigenvalue weighted by atomic mass is 19.4. The van der Waals surface area contributed by atoms with E-state index in [9.17, 15) is 18.0 Å². The first-order chi connectivity index (χ1) is 8.89. The molecule has 1 N–H and O–H groups in total. The number of carboxylic acids is 1. The highest BCUT2D eigenvalue weighted by molar-refractivity contribution is 5.87. The van der Waals surface area contributed by atoms with E-state index >= 15 is 0 Å². The number of hydrogen-bond acceptors (Lipinski definition) is 2. The molecule has 0 spiro atoms. The van der Waals surface area contributed by atoms with Gasteiger partial charge in [-0.05, 0) is 18.2 Å². The summed E-state index contributed by atoms with van der Waals surface area (Å²) in [5, 5.41) is 8.71. The fourth-order valence-corrected chi connectivity index (χ4v) is 1.63. The topological polar surface area (TPSA) is 50.2 Å². The van der Waals surface area contributed by atoms with Crippen LogP contribution in [0.3, 0.4) is 0 Å². The molecule has 0 radical (unpaired) electrons. The van der Waals surface area contributed by atoms with Gasteiger partial charge in [-0.2, -0.15) is 13.2 Å². The number of carbonyl (C=O) groups is 1. The molecular weight excluding hydrogens is 259 g/mol. The van der Waals surface area contributed by atoms with Crippen molar-refractivity contribution in [2.24, 2.45) is 0 Å². The van der Waals surface area contributed by atoms with Gasteiger partial charge in [0.1, 0.15) is 0 Å². The molecule has 6 heteroatoms. The molecule has 1 aromatic heterocycles. The molecule has 0 amide bonds. The van der Waals surface area contributed by atoms with Gasteiger partial charge in [0.2, 0.25) is 0 Å². The summed E-state index contributed by atoms with van der Waals surface area (Å²) >= 11 is 0. The second-order valence-corrected chi connectivity index (χ2v) is 3.78. The summed E-state index contributed by atoms with van der Waals surface area (Å²) in [6, 6.07) is 7.49. The Morgan fingerprint density at radius 2 is 1.79 bits per heavy atom. The van der Waals surface area contributed by atoms with Crippen LogP contribution in [0.4, 0.5) is 13.2 Å². The Morgan fingerprint density at radius 1 is 1.11 bits per heavy atom. The quantitative estimate of drug-likeness (QED) is 0.906. The van der Waals surface area contributed by atoms with Gasteiger partial charge in [-0.1, -0.05) is 18.2 Å². The van der Waals surface area contributed by atoms with Gasteiger partial charge in [-0.25, -0.2) is 4.79 Å². The summed E-state index contributed by atoms with van der Waals surface area (Å²) in [6.07, 6.45) is -3.45. The Labute approximate surface area is 106 Å². The number of carboxylic acid groups (broad SMARTS) is 1. The summed E-state index contributed by atoms with van der Waals surface area (Å²) in [7, 11) is 0. The summed E-state index contributed by atoms with van der Waals surface area (Å²) in [5.41, 5.74) is -0.872. The van der Waals surface area contributed by atoms with Crippen LogP contribution < -0.4 is 0 Å². The van der Waals surface area contributed by atoms with Gasteiger partial charge < -0.3 is 5.11 Å². The highest BCUT2D eigenvalue weighted by Crippen LogP contribution is 2.36. The third-order valence-electron chi connectivity index (χ3n) is 2.52. The van der Waals surface area contributed by atoms with Crippen molar-refractivity contribution in [3.05, 3.63) is 53.7 Å². The van der Waals surface area contributed by atoms with Gasteiger partial charge in [0.25, 0.3) is 0 Å². The Bertz CT molecular complexity index is 606. The van der Waals surface area contributed by atoms with Crippen molar-refractivity contribution in [1.82, 2.24) is 4.98 Å². The average Bonchev–Trinajstić information content (AvgIpc) is 2.38. The normalized spacial score (nSPS) is 11.3. The molecule has 0 atom stereocenters. The number of halogens is 3. The Balaban J connectivity index is 2.50. The SMILES string of the molecule is O=C(O)c1ccc(-c2ccccc2C(F)(F)F)nc1. The van der Waals surface area contributed by atoms with Crippen LogP contribution in [0.15, 0.2) is 42.6 Å². The minimum atomic E-state index is -4.48. The van der Waals surface area contributed by atoms with E-state index in [-0.39, 0.29) is 16.8 Å². The van der Waals surface area contributed by atoms with Crippen LogP contribution in [0, 0.1) is 0 Å². The first kappa shape index (κ1) is 13.1. The lowest BCUT2D eigenvalue weighted by molar-refractivity contribution is -0.137. The van der Waals surface area contributed by atoms with E-state index in [1.54, 1.807) is 0 Å². The Hall–Kier alpha value is -2.37. The zero-order chi connectivity index (χ0) is 14.0. The van der Waals surface area contributed by atoms with Crippen LogP contribution in [0.2, 0.25) is 0 Å².